The molecule has 2 unspecified atom stereocenters. The molecule has 0 saturated heterocycles. The molecule has 0 spiro atoms. The molecular weight excluding hydrogens is 192 g/mol. The second kappa shape index (κ2) is 4.77. The quantitative estimate of drug-likeness (QED) is 0.796. The first-order valence-corrected chi connectivity index (χ1v) is 5.18. The van der Waals surface area contributed by atoms with Crippen LogP contribution in [0, 0.1) is 0 Å². The van der Waals surface area contributed by atoms with E-state index in [-0.39, 0.29) is 6.10 Å². The van der Waals surface area contributed by atoms with Gasteiger partial charge in [0.15, 0.2) is 0 Å². The highest BCUT2D eigenvalue weighted by atomic mass is 16.5. The van der Waals surface area contributed by atoms with Crippen molar-refractivity contribution < 1.29 is 9.84 Å². The Morgan fingerprint density at radius 2 is 2.33 bits per heavy atom. The lowest BCUT2D eigenvalue weighted by molar-refractivity contribution is -0.0769. The predicted octanol–water partition coefficient (Wildman–Crippen LogP) is 1.14. The summed E-state index contributed by atoms with van der Waals surface area (Å²) in [6, 6.07) is 0. The van der Waals surface area contributed by atoms with Crippen LogP contribution in [0.15, 0.2) is 12.4 Å². The van der Waals surface area contributed by atoms with Crippen molar-refractivity contribution in [3.05, 3.63) is 18.2 Å². The highest BCUT2D eigenvalue weighted by Gasteiger charge is 2.28. The largest absolute Gasteiger partial charge is 0.387 e. The first-order chi connectivity index (χ1) is 6.97. The van der Waals surface area contributed by atoms with Crippen molar-refractivity contribution in [2.24, 2.45) is 7.05 Å². The highest BCUT2D eigenvalue weighted by Crippen LogP contribution is 2.19. The highest BCUT2D eigenvalue weighted by molar-refractivity contribution is 4.94. The zero-order valence-electron chi connectivity index (χ0n) is 9.90. The minimum atomic E-state index is -0.805. The molecule has 1 rings (SSSR count). The molecule has 0 aliphatic heterocycles. The van der Waals surface area contributed by atoms with Gasteiger partial charge < -0.3 is 14.4 Å². The second-order valence-electron chi connectivity index (χ2n) is 4.19. The normalized spacial score (nSPS) is 17.4. The van der Waals surface area contributed by atoms with E-state index >= 15 is 0 Å². The van der Waals surface area contributed by atoms with Crippen LogP contribution in [0.1, 0.15) is 26.1 Å². The molecule has 0 aliphatic carbocycles. The lowest BCUT2D eigenvalue weighted by atomic mass is 9.94. The van der Waals surface area contributed by atoms with E-state index in [2.05, 4.69) is 4.98 Å². The van der Waals surface area contributed by atoms with Crippen LogP contribution in [-0.4, -0.2) is 33.5 Å². The molecule has 0 bridgehead atoms. The number of nitrogens with zero attached hydrogens (tertiary/aromatic N) is 2. The van der Waals surface area contributed by atoms with Gasteiger partial charge in [-0.1, -0.05) is 0 Å². The Bertz CT molecular complexity index is 307. The van der Waals surface area contributed by atoms with E-state index in [4.69, 9.17) is 4.74 Å². The minimum Gasteiger partial charge on any atom is -0.387 e. The molecule has 2 atom stereocenters. The van der Waals surface area contributed by atoms with Crippen LogP contribution in [0.5, 0.6) is 0 Å². The van der Waals surface area contributed by atoms with Crippen LogP contribution in [-0.2, 0) is 18.2 Å². The number of hydrogen-bond acceptors (Lipinski definition) is 3. The zero-order valence-corrected chi connectivity index (χ0v) is 9.90. The standard InChI is InChI=1S/C11H20N2O2/c1-9(15-4)11(2,14)6-5-10-12-7-8-13(10)3/h7-9,14H,5-6H2,1-4H3. The summed E-state index contributed by atoms with van der Waals surface area (Å²) in [6.45, 7) is 3.67. The Morgan fingerprint density at radius 1 is 1.67 bits per heavy atom. The summed E-state index contributed by atoms with van der Waals surface area (Å²) in [7, 11) is 3.57. The fourth-order valence-corrected chi connectivity index (χ4v) is 1.46. The van der Waals surface area contributed by atoms with E-state index in [1.807, 2.05) is 24.7 Å². The van der Waals surface area contributed by atoms with Gasteiger partial charge in [-0.15, -0.1) is 0 Å². The van der Waals surface area contributed by atoms with E-state index in [0.717, 1.165) is 12.2 Å². The third-order valence-electron chi connectivity index (χ3n) is 3.01. The summed E-state index contributed by atoms with van der Waals surface area (Å²) in [4.78, 5) is 4.22. The SMILES string of the molecule is COC(C)C(C)(O)CCc1nccn1C. The molecular formula is C11H20N2O2. The summed E-state index contributed by atoms with van der Waals surface area (Å²) < 4.78 is 7.10. The maximum Gasteiger partial charge on any atom is 0.108 e. The number of aryl methyl sites for hydroxylation is 2. The minimum absolute atomic E-state index is 0.169. The lowest BCUT2D eigenvalue weighted by Gasteiger charge is -2.29. The lowest BCUT2D eigenvalue weighted by Crippen LogP contribution is -2.39. The number of rotatable bonds is 5. The van der Waals surface area contributed by atoms with Crippen molar-refractivity contribution >= 4 is 0 Å². The van der Waals surface area contributed by atoms with Crippen LogP contribution in [0.25, 0.3) is 0 Å². The van der Waals surface area contributed by atoms with E-state index in [1.54, 1.807) is 20.2 Å². The third kappa shape index (κ3) is 3.04. The molecule has 0 fully saturated rings. The molecule has 0 amide bonds. The number of hydrogen-bond donors (Lipinski definition) is 1. The van der Waals surface area contributed by atoms with Crippen molar-refractivity contribution in [1.82, 2.24) is 9.55 Å². The molecule has 1 heterocycles. The number of ether oxygens (including phenoxy) is 1. The first-order valence-electron chi connectivity index (χ1n) is 5.18. The summed E-state index contributed by atoms with van der Waals surface area (Å²) in [6.07, 6.45) is 4.91. The van der Waals surface area contributed by atoms with Crippen LogP contribution in [0.2, 0.25) is 0 Å². The summed E-state index contributed by atoms with van der Waals surface area (Å²) in [5.74, 6) is 0.985. The molecule has 1 aromatic rings. The van der Waals surface area contributed by atoms with Crippen molar-refractivity contribution in [2.75, 3.05) is 7.11 Å². The van der Waals surface area contributed by atoms with Gasteiger partial charge in [0, 0.05) is 33.0 Å². The van der Waals surface area contributed by atoms with Crippen LogP contribution in [0.4, 0.5) is 0 Å². The van der Waals surface area contributed by atoms with Crippen molar-refractivity contribution in [3.63, 3.8) is 0 Å². The maximum absolute atomic E-state index is 10.1. The van der Waals surface area contributed by atoms with E-state index in [1.165, 1.54) is 0 Å². The molecule has 0 saturated carbocycles. The number of aromatic nitrogens is 2. The van der Waals surface area contributed by atoms with Crippen LogP contribution >= 0.6 is 0 Å². The van der Waals surface area contributed by atoms with Gasteiger partial charge in [0.2, 0.25) is 0 Å². The Labute approximate surface area is 90.9 Å². The van der Waals surface area contributed by atoms with Gasteiger partial charge in [-0.2, -0.15) is 0 Å². The van der Waals surface area contributed by atoms with Gasteiger partial charge in [-0.25, -0.2) is 4.98 Å². The summed E-state index contributed by atoms with van der Waals surface area (Å²) in [5, 5.41) is 10.1. The second-order valence-corrected chi connectivity index (χ2v) is 4.19. The molecule has 86 valence electrons. The number of aliphatic hydroxyl groups is 1. The average Bonchev–Trinajstić information content (AvgIpc) is 2.60. The third-order valence-corrected chi connectivity index (χ3v) is 3.01. The molecule has 4 heteroatoms. The van der Waals surface area contributed by atoms with E-state index in [9.17, 15) is 5.11 Å². The van der Waals surface area contributed by atoms with E-state index in [0.29, 0.717) is 6.42 Å². The van der Waals surface area contributed by atoms with Crippen LogP contribution < -0.4 is 0 Å². The molecule has 4 nitrogen and oxygen atoms in total. The first kappa shape index (κ1) is 12.2. The fourth-order valence-electron chi connectivity index (χ4n) is 1.46. The van der Waals surface area contributed by atoms with Crippen molar-refractivity contribution in [1.29, 1.82) is 0 Å². The van der Waals surface area contributed by atoms with Gasteiger partial charge >= 0.3 is 0 Å². The van der Waals surface area contributed by atoms with Gasteiger partial charge in [-0.3, -0.25) is 0 Å². The molecule has 0 aromatic carbocycles. The van der Waals surface area contributed by atoms with Gasteiger partial charge in [0.25, 0.3) is 0 Å². The molecule has 0 radical (unpaired) electrons. The zero-order chi connectivity index (χ0) is 11.5. The Kier molecular flexibility index (Phi) is 3.88. The summed E-state index contributed by atoms with van der Waals surface area (Å²) >= 11 is 0. The predicted molar refractivity (Wildman–Crippen MR) is 58.6 cm³/mol. The van der Waals surface area contributed by atoms with Gasteiger partial charge in [0.1, 0.15) is 5.82 Å². The number of imidazole rings is 1. The van der Waals surface area contributed by atoms with E-state index < -0.39 is 5.60 Å². The Hall–Kier alpha value is -0.870. The van der Waals surface area contributed by atoms with Crippen molar-refractivity contribution in [2.45, 2.75) is 38.4 Å². The average molecular weight is 212 g/mol. The Balaban J connectivity index is 2.53. The fraction of sp³-hybridized carbons (Fsp3) is 0.727. The topological polar surface area (TPSA) is 47.3 Å². The number of methoxy groups -OCH3 is 1. The monoisotopic (exact) mass is 212 g/mol. The maximum atomic E-state index is 10.1. The van der Waals surface area contributed by atoms with Crippen molar-refractivity contribution in [3.8, 4) is 0 Å². The summed E-state index contributed by atoms with van der Waals surface area (Å²) in [5.41, 5.74) is -0.805. The van der Waals surface area contributed by atoms with Gasteiger partial charge in [0.05, 0.1) is 11.7 Å². The molecule has 0 aliphatic rings. The molecule has 1 N–H and O–H groups in total. The Morgan fingerprint density at radius 3 is 2.80 bits per heavy atom. The smallest absolute Gasteiger partial charge is 0.108 e. The van der Waals surface area contributed by atoms with Gasteiger partial charge in [-0.05, 0) is 20.3 Å². The van der Waals surface area contributed by atoms with Crippen LogP contribution in [0.3, 0.4) is 0 Å². The molecule has 15 heavy (non-hydrogen) atoms. The molecule has 1 aromatic heterocycles.